The number of hydrogen-bond donors (Lipinski definition) is 2. The molecular formula is C14H28N2O2S. The zero-order chi connectivity index (χ0) is 14.5. The fourth-order valence-corrected chi connectivity index (χ4v) is 1.96. The van der Waals surface area contributed by atoms with Gasteiger partial charge in [0.1, 0.15) is 0 Å². The molecule has 0 aromatic carbocycles. The fraction of sp³-hybridized carbons (Fsp3) is 0.857. The maximum atomic E-state index is 11.4. The highest BCUT2D eigenvalue weighted by Gasteiger charge is 2.01. The van der Waals surface area contributed by atoms with Crippen molar-refractivity contribution in [1.82, 2.24) is 10.6 Å². The summed E-state index contributed by atoms with van der Waals surface area (Å²) in [6.45, 7) is 5.20. The normalized spacial score (nSPS) is 10.7. The van der Waals surface area contributed by atoms with Crippen molar-refractivity contribution in [1.29, 1.82) is 0 Å². The van der Waals surface area contributed by atoms with E-state index in [0.29, 0.717) is 19.0 Å². The van der Waals surface area contributed by atoms with E-state index in [1.165, 1.54) is 11.8 Å². The Hall–Kier alpha value is -0.550. The first-order chi connectivity index (χ1) is 9.06. The Morgan fingerprint density at radius 3 is 2.32 bits per heavy atom. The molecular weight excluding hydrogens is 260 g/mol. The molecule has 0 spiro atoms. The van der Waals surface area contributed by atoms with Gasteiger partial charge in [-0.15, -0.1) is 0 Å². The van der Waals surface area contributed by atoms with Gasteiger partial charge in [-0.1, -0.05) is 44.9 Å². The van der Waals surface area contributed by atoms with Gasteiger partial charge in [-0.3, -0.25) is 9.59 Å². The lowest BCUT2D eigenvalue weighted by Crippen LogP contribution is -2.37. The molecule has 0 saturated carbocycles. The molecule has 0 radical (unpaired) electrons. The quantitative estimate of drug-likeness (QED) is 0.573. The third-order valence-electron chi connectivity index (χ3n) is 2.78. The van der Waals surface area contributed by atoms with Crippen LogP contribution in [0, 0.1) is 0 Å². The van der Waals surface area contributed by atoms with E-state index in [1.54, 1.807) is 0 Å². The molecule has 19 heavy (non-hydrogen) atoms. The summed E-state index contributed by atoms with van der Waals surface area (Å²) in [6, 6.07) is 0.342. The maximum Gasteiger partial charge on any atom is 0.233 e. The number of nitrogens with one attached hydrogen (secondary N) is 2. The van der Waals surface area contributed by atoms with E-state index >= 15 is 0 Å². The Bertz CT molecular complexity index is 258. The van der Waals surface area contributed by atoms with Crippen LogP contribution in [-0.4, -0.2) is 36.4 Å². The first-order valence-electron chi connectivity index (χ1n) is 7.13. The molecule has 0 aromatic rings. The first-order valence-corrected chi connectivity index (χ1v) is 8.35. The van der Waals surface area contributed by atoms with Crippen LogP contribution in [0.15, 0.2) is 0 Å². The largest absolute Gasteiger partial charge is 0.355 e. The van der Waals surface area contributed by atoms with E-state index < -0.39 is 0 Å². The van der Waals surface area contributed by atoms with Crippen molar-refractivity contribution in [2.24, 2.45) is 0 Å². The molecule has 0 atom stereocenters. The molecule has 1 amide bonds. The van der Waals surface area contributed by atoms with Gasteiger partial charge in [-0.05, 0) is 19.1 Å². The highest BCUT2D eigenvalue weighted by molar-refractivity contribution is 8.13. The van der Waals surface area contributed by atoms with Crippen LogP contribution in [-0.2, 0) is 9.59 Å². The maximum absolute atomic E-state index is 11.4. The SMILES string of the molecule is CSC(=O)CCCCCCCNC(=O)CNC(C)C. The highest BCUT2D eigenvalue weighted by Crippen LogP contribution is 2.08. The van der Waals surface area contributed by atoms with Gasteiger partial charge >= 0.3 is 0 Å². The Morgan fingerprint density at radius 1 is 1.05 bits per heavy atom. The summed E-state index contributed by atoms with van der Waals surface area (Å²) in [6.07, 6.45) is 7.90. The van der Waals surface area contributed by atoms with Crippen LogP contribution in [0.25, 0.3) is 0 Å². The van der Waals surface area contributed by atoms with Crippen LogP contribution in [0.2, 0.25) is 0 Å². The number of rotatable bonds is 11. The molecule has 0 bridgehead atoms. The summed E-state index contributed by atoms with van der Waals surface area (Å²) in [5.74, 6) is 0.0688. The minimum atomic E-state index is 0.0688. The van der Waals surface area contributed by atoms with Crippen molar-refractivity contribution in [2.45, 2.75) is 58.4 Å². The molecule has 0 fully saturated rings. The topological polar surface area (TPSA) is 58.2 Å². The highest BCUT2D eigenvalue weighted by atomic mass is 32.2. The second-order valence-corrected chi connectivity index (χ2v) is 5.84. The van der Waals surface area contributed by atoms with Gasteiger partial charge in [-0.25, -0.2) is 0 Å². The Morgan fingerprint density at radius 2 is 1.68 bits per heavy atom. The molecule has 112 valence electrons. The Labute approximate surface area is 121 Å². The van der Waals surface area contributed by atoms with E-state index in [4.69, 9.17) is 0 Å². The summed E-state index contributed by atoms with van der Waals surface area (Å²) >= 11 is 1.31. The van der Waals surface area contributed by atoms with Gasteiger partial charge in [0.2, 0.25) is 5.91 Å². The van der Waals surface area contributed by atoms with Crippen molar-refractivity contribution in [2.75, 3.05) is 19.3 Å². The van der Waals surface area contributed by atoms with Gasteiger partial charge < -0.3 is 10.6 Å². The zero-order valence-electron chi connectivity index (χ0n) is 12.5. The van der Waals surface area contributed by atoms with Crippen molar-refractivity contribution >= 4 is 22.8 Å². The zero-order valence-corrected chi connectivity index (χ0v) is 13.3. The average molecular weight is 288 g/mol. The van der Waals surface area contributed by atoms with Crippen LogP contribution >= 0.6 is 11.8 Å². The summed E-state index contributed by atoms with van der Waals surface area (Å²) in [5.41, 5.74) is 0. The molecule has 0 aliphatic carbocycles. The molecule has 0 unspecified atom stereocenters. The molecule has 0 heterocycles. The van der Waals surface area contributed by atoms with Crippen LogP contribution < -0.4 is 10.6 Å². The number of hydrogen-bond acceptors (Lipinski definition) is 4. The molecule has 0 aliphatic rings. The van der Waals surface area contributed by atoms with Gasteiger partial charge in [0, 0.05) is 19.0 Å². The fourth-order valence-electron chi connectivity index (χ4n) is 1.61. The summed E-state index contributed by atoms with van der Waals surface area (Å²) in [5, 5.41) is 6.26. The minimum Gasteiger partial charge on any atom is -0.355 e. The Kier molecular flexibility index (Phi) is 12.1. The smallest absolute Gasteiger partial charge is 0.233 e. The Balaban J connectivity index is 3.22. The van der Waals surface area contributed by atoms with E-state index in [1.807, 2.05) is 20.1 Å². The summed E-state index contributed by atoms with van der Waals surface area (Å²) in [4.78, 5) is 22.4. The standard InChI is InChI=1S/C14H28N2O2S/c1-12(2)16-11-13(17)15-10-8-6-4-5-7-9-14(18)19-3/h12,16H,4-11H2,1-3H3,(H,15,17). The van der Waals surface area contributed by atoms with Gasteiger partial charge in [0.25, 0.3) is 0 Å². The summed E-state index contributed by atoms with van der Waals surface area (Å²) in [7, 11) is 0. The molecule has 2 N–H and O–H groups in total. The predicted molar refractivity (Wildman–Crippen MR) is 82.4 cm³/mol. The lowest BCUT2D eigenvalue weighted by atomic mass is 10.1. The van der Waals surface area contributed by atoms with Crippen molar-refractivity contribution in [3.05, 3.63) is 0 Å². The van der Waals surface area contributed by atoms with Crippen molar-refractivity contribution < 1.29 is 9.59 Å². The number of carbonyl (C=O) groups is 2. The molecule has 0 aliphatic heterocycles. The van der Waals surface area contributed by atoms with Crippen LogP contribution in [0.1, 0.15) is 52.4 Å². The third kappa shape index (κ3) is 13.7. The summed E-state index contributed by atoms with van der Waals surface area (Å²) < 4.78 is 0. The van der Waals surface area contributed by atoms with Crippen molar-refractivity contribution in [3.63, 3.8) is 0 Å². The molecule has 0 saturated heterocycles. The number of thioether (sulfide) groups is 1. The lowest BCUT2D eigenvalue weighted by Gasteiger charge is -2.08. The lowest BCUT2D eigenvalue weighted by molar-refractivity contribution is -0.120. The van der Waals surface area contributed by atoms with E-state index in [0.717, 1.165) is 38.6 Å². The first kappa shape index (κ1) is 18.4. The van der Waals surface area contributed by atoms with E-state index in [2.05, 4.69) is 10.6 Å². The van der Waals surface area contributed by atoms with Gasteiger partial charge in [0.15, 0.2) is 5.12 Å². The van der Waals surface area contributed by atoms with E-state index in [9.17, 15) is 9.59 Å². The second kappa shape index (κ2) is 12.5. The van der Waals surface area contributed by atoms with E-state index in [-0.39, 0.29) is 11.0 Å². The third-order valence-corrected chi connectivity index (χ3v) is 3.44. The predicted octanol–water partition coefficient (Wildman–Crippen LogP) is 2.33. The number of amides is 1. The van der Waals surface area contributed by atoms with Crippen LogP contribution in [0.4, 0.5) is 0 Å². The van der Waals surface area contributed by atoms with Crippen LogP contribution in [0.5, 0.6) is 0 Å². The molecule has 0 rings (SSSR count). The van der Waals surface area contributed by atoms with Gasteiger partial charge in [-0.2, -0.15) is 0 Å². The number of unbranched alkanes of at least 4 members (excludes halogenated alkanes) is 4. The monoisotopic (exact) mass is 288 g/mol. The van der Waals surface area contributed by atoms with Crippen molar-refractivity contribution in [3.8, 4) is 0 Å². The molecule has 4 nitrogen and oxygen atoms in total. The van der Waals surface area contributed by atoms with Gasteiger partial charge in [0.05, 0.1) is 6.54 Å². The second-order valence-electron chi connectivity index (χ2n) is 4.98. The average Bonchev–Trinajstić information content (AvgIpc) is 2.38. The van der Waals surface area contributed by atoms with Crippen LogP contribution in [0.3, 0.4) is 0 Å². The molecule has 5 heteroatoms. The number of carbonyl (C=O) groups excluding carboxylic acids is 2. The molecule has 0 aromatic heterocycles. The minimum absolute atomic E-state index is 0.0688.